The van der Waals surface area contributed by atoms with Crippen molar-refractivity contribution in [1.29, 1.82) is 0 Å². The van der Waals surface area contributed by atoms with Gasteiger partial charge in [0.25, 0.3) is 0 Å². The number of para-hydroxylation sites is 1. The van der Waals surface area contributed by atoms with Crippen molar-refractivity contribution in [2.24, 2.45) is 4.99 Å². The molecule has 3 rings (SSSR count). The molecule has 0 spiro atoms. The van der Waals surface area contributed by atoms with E-state index in [1.165, 1.54) is 14.2 Å². The second-order valence-corrected chi connectivity index (χ2v) is 6.27. The monoisotopic (exact) mass is 511 g/mol. The number of fused-ring (bicyclic) bond motifs is 1. The number of hydrogen-bond acceptors (Lipinski definition) is 5. The number of nitrogens with one attached hydrogen (secondary N) is 2. The van der Waals surface area contributed by atoms with Gasteiger partial charge in [0.05, 0.1) is 20.8 Å². The molecule has 29 heavy (non-hydrogen) atoms. The second kappa shape index (κ2) is 10.2. The molecule has 0 amide bonds. The maximum Gasteiger partial charge on any atom is 0.200 e. The van der Waals surface area contributed by atoms with E-state index in [-0.39, 0.29) is 29.7 Å². The zero-order valence-corrected chi connectivity index (χ0v) is 19.2. The molecule has 0 atom stereocenters. The molecule has 0 bridgehead atoms. The van der Waals surface area contributed by atoms with Gasteiger partial charge in [-0.2, -0.15) is 0 Å². The molecule has 0 aliphatic carbocycles. The summed E-state index contributed by atoms with van der Waals surface area (Å²) in [5, 5.41) is 17.6. The van der Waals surface area contributed by atoms with Crippen LogP contribution in [0.15, 0.2) is 45.8 Å². The quantitative estimate of drug-likeness (QED) is 0.264. The minimum absolute atomic E-state index is 0. The molecule has 0 radical (unpaired) electrons. The van der Waals surface area contributed by atoms with Crippen molar-refractivity contribution in [3.8, 4) is 17.2 Å². The summed E-state index contributed by atoms with van der Waals surface area (Å²) in [4.78, 5) is 4.25. The number of halogens is 1. The summed E-state index contributed by atoms with van der Waals surface area (Å²) in [5.74, 6) is 2.20. The SMILES string of the molecule is CN=C(NCc1cc(OC)c(O)c(OC)c1)NCc1oc2ccccc2c1C.I. The molecule has 1 heterocycles. The number of phenols is 1. The summed E-state index contributed by atoms with van der Waals surface area (Å²) in [6.45, 7) is 3.04. The van der Waals surface area contributed by atoms with Crippen molar-refractivity contribution in [3.63, 3.8) is 0 Å². The van der Waals surface area contributed by atoms with E-state index in [2.05, 4.69) is 21.7 Å². The maximum absolute atomic E-state index is 10.0. The Kier molecular flexibility index (Phi) is 8.00. The zero-order valence-electron chi connectivity index (χ0n) is 16.9. The first-order valence-corrected chi connectivity index (χ1v) is 8.92. The Hall–Kier alpha value is -2.62. The number of benzene rings is 2. The fourth-order valence-electron chi connectivity index (χ4n) is 3.01. The third-order valence-corrected chi connectivity index (χ3v) is 4.58. The van der Waals surface area contributed by atoms with E-state index in [1.807, 2.05) is 25.1 Å². The average Bonchev–Trinajstić information content (AvgIpc) is 3.05. The van der Waals surface area contributed by atoms with E-state index in [0.29, 0.717) is 30.5 Å². The van der Waals surface area contributed by atoms with E-state index < -0.39 is 0 Å². The van der Waals surface area contributed by atoms with Crippen LogP contribution in [0, 0.1) is 6.92 Å². The van der Waals surface area contributed by atoms with Crippen LogP contribution in [0.3, 0.4) is 0 Å². The first-order chi connectivity index (χ1) is 13.6. The highest BCUT2D eigenvalue weighted by atomic mass is 127. The number of aliphatic imine (C=N–C) groups is 1. The van der Waals surface area contributed by atoms with Crippen LogP contribution < -0.4 is 20.1 Å². The van der Waals surface area contributed by atoms with Crippen molar-refractivity contribution in [1.82, 2.24) is 10.6 Å². The first kappa shape index (κ1) is 22.7. The lowest BCUT2D eigenvalue weighted by molar-refractivity contribution is 0.339. The Morgan fingerprint density at radius 1 is 1.07 bits per heavy atom. The van der Waals surface area contributed by atoms with Crippen LogP contribution in [0.2, 0.25) is 0 Å². The first-order valence-electron chi connectivity index (χ1n) is 8.92. The number of methoxy groups -OCH3 is 2. The Labute approximate surface area is 187 Å². The summed E-state index contributed by atoms with van der Waals surface area (Å²) in [5.41, 5.74) is 2.88. The van der Waals surface area contributed by atoms with Crippen LogP contribution in [0.4, 0.5) is 0 Å². The molecule has 2 aromatic carbocycles. The van der Waals surface area contributed by atoms with Gasteiger partial charge in [0.1, 0.15) is 11.3 Å². The Morgan fingerprint density at radius 2 is 1.69 bits per heavy atom. The van der Waals surface area contributed by atoms with Crippen molar-refractivity contribution < 1.29 is 19.0 Å². The van der Waals surface area contributed by atoms with Gasteiger partial charge in [0.15, 0.2) is 17.5 Å². The molecule has 7 nitrogen and oxygen atoms in total. The molecule has 0 fully saturated rings. The van der Waals surface area contributed by atoms with Crippen molar-refractivity contribution >= 4 is 40.9 Å². The van der Waals surface area contributed by atoms with E-state index in [9.17, 15) is 5.11 Å². The number of guanidine groups is 1. The van der Waals surface area contributed by atoms with Gasteiger partial charge < -0.3 is 29.6 Å². The molecular formula is C21H26IN3O4. The number of rotatable bonds is 6. The molecule has 1 aromatic heterocycles. The van der Waals surface area contributed by atoms with Gasteiger partial charge in [-0.15, -0.1) is 24.0 Å². The second-order valence-electron chi connectivity index (χ2n) is 6.27. The Morgan fingerprint density at radius 3 is 2.28 bits per heavy atom. The molecule has 156 valence electrons. The van der Waals surface area contributed by atoms with E-state index >= 15 is 0 Å². The van der Waals surface area contributed by atoms with Crippen molar-refractivity contribution in [3.05, 3.63) is 53.3 Å². The predicted molar refractivity (Wildman–Crippen MR) is 125 cm³/mol. The highest BCUT2D eigenvalue weighted by molar-refractivity contribution is 14.0. The summed E-state index contributed by atoms with van der Waals surface area (Å²) in [6.07, 6.45) is 0. The molecule has 0 aliphatic rings. The smallest absolute Gasteiger partial charge is 0.200 e. The number of hydrogen-bond donors (Lipinski definition) is 3. The predicted octanol–water partition coefficient (Wildman–Crippen LogP) is 3.95. The molecular weight excluding hydrogens is 485 g/mol. The van der Waals surface area contributed by atoms with Crippen LogP contribution in [-0.2, 0) is 13.1 Å². The molecule has 3 aromatic rings. The largest absolute Gasteiger partial charge is 0.502 e. The molecule has 0 aliphatic heterocycles. The van der Waals surface area contributed by atoms with Gasteiger partial charge in [-0.3, -0.25) is 4.99 Å². The number of nitrogens with zero attached hydrogens (tertiary/aromatic N) is 1. The van der Waals surface area contributed by atoms with Crippen LogP contribution >= 0.6 is 24.0 Å². The van der Waals surface area contributed by atoms with E-state index in [1.54, 1.807) is 19.2 Å². The maximum atomic E-state index is 10.0. The molecule has 3 N–H and O–H groups in total. The summed E-state index contributed by atoms with van der Waals surface area (Å²) >= 11 is 0. The van der Waals surface area contributed by atoms with Crippen molar-refractivity contribution in [2.75, 3.05) is 21.3 Å². The van der Waals surface area contributed by atoms with Gasteiger partial charge in [-0.05, 0) is 30.7 Å². The van der Waals surface area contributed by atoms with Gasteiger partial charge in [0, 0.05) is 24.5 Å². The van der Waals surface area contributed by atoms with Crippen molar-refractivity contribution in [2.45, 2.75) is 20.0 Å². The van der Waals surface area contributed by atoms with Crippen LogP contribution in [0.5, 0.6) is 17.2 Å². The number of phenolic OH excluding ortho intramolecular Hbond substituents is 1. The fourth-order valence-corrected chi connectivity index (χ4v) is 3.01. The highest BCUT2D eigenvalue weighted by Gasteiger charge is 2.13. The van der Waals surface area contributed by atoms with Crippen LogP contribution in [-0.4, -0.2) is 32.3 Å². The number of aryl methyl sites for hydroxylation is 1. The third-order valence-electron chi connectivity index (χ3n) is 4.58. The number of aromatic hydroxyl groups is 1. The zero-order chi connectivity index (χ0) is 20.1. The molecule has 0 saturated carbocycles. The summed E-state index contributed by atoms with van der Waals surface area (Å²) in [6, 6.07) is 11.5. The van der Waals surface area contributed by atoms with Gasteiger partial charge in [-0.1, -0.05) is 18.2 Å². The number of furan rings is 1. The normalized spacial score (nSPS) is 11.1. The summed E-state index contributed by atoms with van der Waals surface area (Å²) in [7, 11) is 4.71. The highest BCUT2D eigenvalue weighted by Crippen LogP contribution is 2.37. The topological polar surface area (TPSA) is 88.3 Å². The molecule has 0 unspecified atom stereocenters. The third kappa shape index (κ3) is 5.06. The average molecular weight is 511 g/mol. The van der Waals surface area contributed by atoms with Gasteiger partial charge >= 0.3 is 0 Å². The lowest BCUT2D eigenvalue weighted by Gasteiger charge is -2.14. The lowest BCUT2D eigenvalue weighted by atomic mass is 10.1. The van der Waals surface area contributed by atoms with Crippen LogP contribution in [0.25, 0.3) is 11.0 Å². The van der Waals surface area contributed by atoms with Gasteiger partial charge in [0.2, 0.25) is 5.75 Å². The molecule has 0 saturated heterocycles. The van der Waals surface area contributed by atoms with E-state index in [4.69, 9.17) is 13.9 Å². The lowest BCUT2D eigenvalue weighted by Crippen LogP contribution is -2.36. The Balaban J connectivity index is 0.00000300. The van der Waals surface area contributed by atoms with E-state index in [0.717, 1.165) is 27.9 Å². The minimum Gasteiger partial charge on any atom is -0.502 e. The minimum atomic E-state index is -0.0170. The number of ether oxygens (including phenoxy) is 2. The van der Waals surface area contributed by atoms with Crippen LogP contribution in [0.1, 0.15) is 16.9 Å². The fraction of sp³-hybridized carbons (Fsp3) is 0.286. The standard InChI is InChI=1S/C21H25N3O4.HI/c1-13-15-7-5-6-8-16(15)28-19(13)12-24-21(22-2)23-11-14-9-17(26-3)20(25)18(10-14)27-4;/h5-10,25H,11-12H2,1-4H3,(H2,22,23,24);1H. The van der Waals surface area contributed by atoms with Gasteiger partial charge in [-0.25, -0.2) is 0 Å². The summed E-state index contributed by atoms with van der Waals surface area (Å²) < 4.78 is 16.3. The molecule has 8 heteroatoms. The Bertz CT molecular complexity index is 976.